The molecule has 0 radical (unpaired) electrons. The second kappa shape index (κ2) is 20.9. The third-order valence-electron chi connectivity index (χ3n) is 13.0. The fourth-order valence-corrected chi connectivity index (χ4v) is 12.2. The van der Waals surface area contributed by atoms with Crippen LogP contribution in [-0.4, -0.2) is 182 Å². The van der Waals surface area contributed by atoms with Crippen molar-refractivity contribution in [1.29, 1.82) is 0 Å². The second-order valence-corrected chi connectivity index (χ2v) is 23.7. The minimum atomic E-state index is -4.24. The minimum absolute atomic E-state index is 0. The Bertz CT molecular complexity index is 2980. The molecule has 4 aromatic carbocycles. The molecule has 0 N–H and O–H groups in total. The second-order valence-electron chi connectivity index (χ2n) is 21.2. The average Bonchev–Trinajstić information content (AvgIpc) is 3.98. The zero-order valence-corrected chi connectivity index (χ0v) is 50.7. The predicted molar refractivity (Wildman–Crippen MR) is 262 cm³/mol. The van der Waals surface area contributed by atoms with E-state index in [1.165, 1.54) is 0 Å². The van der Waals surface area contributed by atoms with Crippen molar-refractivity contribution < 1.29 is 123 Å². The Morgan fingerprint density at radius 2 is 0.696 bits per heavy atom. The van der Waals surface area contributed by atoms with Gasteiger partial charge in [0.15, 0.2) is 23.3 Å². The topological polar surface area (TPSA) is 102 Å². The van der Waals surface area contributed by atoms with Gasteiger partial charge in [0.1, 0.15) is 61.9 Å². The minimum Gasteiger partial charge on any atom is -1.00 e. The number of aliphatic imine (C=N–C) groups is 4. The molecule has 2 aromatic heterocycles. The molecular weight excluding hydrogens is 1340 g/mol. The van der Waals surface area contributed by atoms with Gasteiger partial charge in [0, 0.05) is 43.8 Å². The molecule has 14 nitrogen and oxygen atoms in total. The van der Waals surface area contributed by atoms with Gasteiger partial charge in [0.05, 0.1) is 83.7 Å². The Morgan fingerprint density at radius 3 is 1.04 bits per heavy atom. The number of rotatable bonds is 14. The number of quaternary nitrogens is 4. The number of amidine groups is 4. The third-order valence-corrected chi connectivity index (χ3v) is 16.2. The average molecular weight is 1400 g/mol. The number of fused-ring (bicyclic) bond motifs is 14. The normalized spacial score (nSPS) is 15.3. The van der Waals surface area contributed by atoms with Crippen LogP contribution in [-0.2, 0) is 8.85 Å². The summed E-state index contributed by atoms with van der Waals surface area (Å²) in [6.45, 7) is 6.19. The molecule has 4 aliphatic rings. The molecule has 10 rings (SSSR count). The van der Waals surface area contributed by atoms with Crippen LogP contribution in [0.1, 0.15) is 22.3 Å². The van der Waals surface area contributed by atoms with Crippen LogP contribution < -0.4 is 107 Å². The molecule has 0 saturated heterocycles. The highest BCUT2D eigenvalue weighted by atomic mass is 127. The van der Waals surface area contributed by atoms with Gasteiger partial charge in [-0.15, -0.1) is 0 Å². The van der Waals surface area contributed by atoms with Gasteiger partial charge in [-0.25, -0.2) is 30.0 Å². The van der Waals surface area contributed by atoms with Crippen molar-refractivity contribution in [1.82, 2.24) is 8.47 Å². The van der Waals surface area contributed by atoms with Crippen molar-refractivity contribution in [3.05, 3.63) is 130 Å². The highest BCUT2D eigenvalue weighted by Gasteiger charge is 2.53. The van der Waals surface area contributed by atoms with Crippen LogP contribution in [0.25, 0.3) is 21.5 Å². The van der Waals surface area contributed by atoms with Crippen LogP contribution in [0.4, 0.5) is 11.6 Å². The molecular formula is C50H62I4N12O2Si. The summed E-state index contributed by atoms with van der Waals surface area (Å²) in [6, 6.07) is 33.2. The lowest BCUT2D eigenvalue weighted by Gasteiger charge is -2.37. The van der Waals surface area contributed by atoms with Crippen molar-refractivity contribution in [2.24, 2.45) is 30.0 Å². The third kappa shape index (κ3) is 10.8. The van der Waals surface area contributed by atoms with E-state index in [2.05, 4.69) is 152 Å². The Hall–Kier alpha value is -2.86. The fourth-order valence-electron chi connectivity index (χ4n) is 8.95. The molecule has 4 aliphatic heterocycles. The molecule has 6 heterocycles. The number of likely N-dealkylation sites (N-methyl/N-ethyl adjacent to an activating group) is 4. The lowest BCUT2D eigenvalue weighted by atomic mass is 10.1. The lowest BCUT2D eigenvalue weighted by Crippen LogP contribution is -3.00. The van der Waals surface area contributed by atoms with Gasteiger partial charge in [0.25, 0.3) is 0 Å². The van der Waals surface area contributed by atoms with Gasteiger partial charge in [-0.3, -0.25) is 8.47 Å². The van der Waals surface area contributed by atoms with Crippen LogP contribution in [0.2, 0.25) is 0 Å². The molecule has 0 aliphatic carbocycles. The SMILES string of the molecule is C[N+](C)(C)CC[N+](C)(C)CCO[Si]1(OCC[N+](C)(C)CC[N+](C)(C)C)n2c3c4ccccc4c2N=C2N=C(N=c4c5ccccc5c(n41)=NC1=NC(=N3)c3ccccc31)c1ccccc12.[I-].[I-].[I-].[I-]. The first-order valence-corrected chi connectivity index (χ1v) is 24.4. The number of aromatic nitrogens is 2. The van der Waals surface area contributed by atoms with Crippen molar-refractivity contribution in [3.63, 3.8) is 0 Å². The summed E-state index contributed by atoms with van der Waals surface area (Å²) in [5, 5.41) is 3.64. The van der Waals surface area contributed by atoms with Crippen molar-refractivity contribution in [2.75, 3.05) is 123 Å². The van der Waals surface area contributed by atoms with Crippen LogP contribution in [0.3, 0.4) is 0 Å². The van der Waals surface area contributed by atoms with Gasteiger partial charge in [-0.1, -0.05) is 97.1 Å². The molecule has 0 unspecified atom stereocenters. The molecule has 0 fully saturated rings. The Kier molecular flexibility index (Phi) is 16.8. The van der Waals surface area contributed by atoms with E-state index in [0.717, 1.165) is 101 Å². The zero-order valence-electron chi connectivity index (χ0n) is 41.1. The van der Waals surface area contributed by atoms with Crippen molar-refractivity contribution in [3.8, 4) is 0 Å². The molecule has 19 heteroatoms. The quantitative estimate of drug-likeness (QED) is 0.0616. The van der Waals surface area contributed by atoms with E-state index in [1.807, 2.05) is 24.3 Å². The maximum Gasteiger partial charge on any atom is 0.603 e. The first-order valence-electron chi connectivity index (χ1n) is 22.7. The maximum atomic E-state index is 7.87. The summed E-state index contributed by atoms with van der Waals surface area (Å²) < 4.78 is 23.4. The predicted octanol–water partition coefficient (Wildman–Crippen LogP) is -7.01. The van der Waals surface area contributed by atoms with E-state index in [1.54, 1.807) is 0 Å². The molecule has 0 spiro atoms. The number of benzene rings is 4. The van der Waals surface area contributed by atoms with Gasteiger partial charge in [0.2, 0.25) is 0 Å². The lowest BCUT2D eigenvalue weighted by molar-refractivity contribution is -0.937. The zero-order chi connectivity index (χ0) is 45.5. The first-order chi connectivity index (χ1) is 30.9. The summed E-state index contributed by atoms with van der Waals surface area (Å²) in [4.78, 5) is 32.9. The Balaban J connectivity index is 0.00000196. The van der Waals surface area contributed by atoms with Crippen LogP contribution >= 0.6 is 0 Å². The van der Waals surface area contributed by atoms with Crippen LogP contribution in [0.5, 0.6) is 0 Å². The van der Waals surface area contributed by atoms with E-state index in [4.69, 9.17) is 38.8 Å². The number of hydrogen-bond acceptors (Lipinski definition) is 8. The van der Waals surface area contributed by atoms with E-state index in [0.29, 0.717) is 59.2 Å². The summed E-state index contributed by atoms with van der Waals surface area (Å²) in [5.74, 6) is 3.63. The number of nitrogens with zero attached hydrogens (tertiary/aromatic N) is 12. The van der Waals surface area contributed by atoms with E-state index >= 15 is 0 Å². The standard InChI is InChI=1S/C50H62N12O2Si.4HI/c1-59(2,3)27-29-61(7,8)31-33-63-65(64-34-32-62(9,10)30-28-60(4,5)6)57-47-39-23-15-16-24-40(39)49(57)55-45-37-21-13-14-22-38(37)46(52-45)56-50-42-26-18-17-25-41(42)48(58(50)65)54-44-36-20-12-11-19-35(36)43(51-44)53-47;;;;/h11-26H,27-34H2,1-10H3;4*1H/q+4;;;;/p-4. The smallest absolute Gasteiger partial charge is 0.603 e. The summed E-state index contributed by atoms with van der Waals surface area (Å²) in [5.41, 5.74) is 4.96. The highest BCUT2D eigenvalue weighted by Crippen LogP contribution is 2.43. The molecule has 366 valence electrons. The Morgan fingerprint density at radius 1 is 0.377 bits per heavy atom. The van der Waals surface area contributed by atoms with Crippen LogP contribution in [0, 0.1) is 0 Å². The molecule has 0 saturated carbocycles. The summed E-state index contributed by atoms with van der Waals surface area (Å²) >= 11 is 0. The summed E-state index contributed by atoms with van der Waals surface area (Å²) in [6.07, 6.45) is 0. The van der Waals surface area contributed by atoms with E-state index in [9.17, 15) is 0 Å². The maximum absolute atomic E-state index is 7.87. The van der Waals surface area contributed by atoms with Crippen LogP contribution in [0.15, 0.2) is 127 Å². The molecule has 6 aromatic rings. The highest BCUT2D eigenvalue weighted by molar-refractivity contribution is 6.66. The molecule has 6 bridgehead atoms. The largest absolute Gasteiger partial charge is 1.00 e. The Labute approximate surface area is 475 Å². The molecule has 0 amide bonds. The fraction of sp³-hybridized carbons (Fsp3) is 0.360. The van der Waals surface area contributed by atoms with Gasteiger partial charge < -0.3 is 123 Å². The van der Waals surface area contributed by atoms with Gasteiger partial charge >= 0.3 is 8.88 Å². The van der Waals surface area contributed by atoms with Crippen molar-refractivity contribution in [2.45, 2.75) is 0 Å². The molecule has 69 heavy (non-hydrogen) atoms. The van der Waals surface area contributed by atoms with E-state index < -0.39 is 8.88 Å². The van der Waals surface area contributed by atoms with E-state index in [-0.39, 0.29) is 95.9 Å². The molecule has 0 atom stereocenters. The summed E-state index contributed by atoms with van der Waals surface area (Å²) in [7, 11) is 18.4. The van der Waals surface area contributed by atoms with Gasteiger partial charge in [-0.05, 0) is 0 Å². The van der Waals surface area contributed by atoms with Gasteiger partial charge in [-0.2, -0.15) is 0 Å². The van der Waals surface area contributed by atoms with Crippen molar-refractivity contribution >= 4 is 65.4 Å². The number of halogens is 4. The first kappa shape index (κ1) is 55.5. The monoisotopic (exact) mass is 1400 g/mol. The number of hydrogen-bond donors (Lipinski definition) is 0.